The minimum atomic E-state index is -0.555. The van der Waals surface area contributed by atoms with Crippen molar-refractivity contribution in [3.63, 3.8) is 0 Å². The normalized spacial score (nSPS) is 28.8. The molecule has 10 nitrogen and oxygen atoms in total. The van der Waals surface area contributed by atoms with Gasteiger partial charge < -0.3 is 24.7 Å². The molecule has 1 aromatic heterocycles. The van der Waals surface area contributed by atoms with E-state index in [9.17, 15) is 19.2 Å². The maximum absolute atomic E-state index is 12.9. The van der Waals surface area contributed by atoms with Gasteiger partial charge in [0, 0.05) is 40.6 Å². The van der Waals surface area contributed by atoms with E-state index in [1.165, 1.54) is 6.42 Å². The van der Waals surface area contributed by atoms with Crippen LogP contribution in [-0.4, -0.2) is 63.0 Å². The quantitative estimate of drug-likeness (QED) is 0.202. The fraction of sp³-hybridized carbons (Fsp3) is 0.645. The van der Waals surface area contributed by atoms with Gasteiger partial charge in [-0.05, 0) is 80.8 Å². The van der Waals surface area contributed by atoms with E-state index in [-0.39, 0.29) is 39.2 Å². The molecular formula is C31H39IN4O6. The molecule has 3 saturated carbocycles. The summed E-state index contributed by atoms with van der Waals surface area (Å²) in [5.41, 5.74) is 1.85. The predicted molar refractivity (Wildman–Crippen MR) is 165 cm³/mol. The van der Waals surface area contributed by atoms with E-state index in [4.69, 9.17) is 14.5 Å². The average molecular weight is 691 g/mol. The number of fused-ring (bicyclic) bond motifs is 2. The second-order valence-electron chi connectivity index (χ2n) is 12.8. The van der Waals surface area contributed by atoms with Gasteiger partial charge >= 0.3 is 6.09 Å². The van der Waals surface area contributed by atoms with Crippen LogP contribution in [0.1, 0.15) is 70.4 Å². The molecule has 1 aromatic carbocycles. The lowest BCUT2D eigenvalue weighted by Crippen LogP contribution is -2.46. The first-order valence-electron chi connectivity index (χ1n) is 15.2. The number of carbonyl (C=O) groups is 3. The third kappa shape index (κ3) is 5.90. The number of methoxy groups -OCH3 is 1. The van der Waals surface area contributed by atoms with E-state index in [0.29, 0.717) is 41.3 Å². The number of amides is 2. The van der Waals surface area contributed by atoms with Crippen molar-refractivity contribution in [1.29, 1.82) is 0 Å². The highest BCUT2D eigenvalue weighted by Gasteiger charge is 2.54. The van der Waals surface area contributed by atoms with Crippen molar-refractivity contribution >= 4 is 49.4 Å². The number of unbranched alkanes of at least 4 members (excludes halogenated alkanes) is 1. The summed E-state index contributed by atoms with van der Waals surface area (Å²) < 4.78 is 11.1. The molecule has 2 amide bonds. The Labute approximate surface area is 258 Å². The molecule has 226 valence electrons. The maximum atomic E-state index is 12.9. The van der Waals surface area contributed by atoms with Crippen molar-refractivity contribution in [2.24, 2.45) is 23.7 Å². The van der Waals surface area contributed by atoms with Crippen LogP contribution in [0.15, 0.2) is 23.0 Å². The van der Waals surface area contributed by atoms with Gasteiger partial charge in [0.25, 0.3) is 5.56 Å². The Morgan fingerprint density at radius 3 is 2.76 bits per heavy atom. The van der Waals surface area contributed by atoms with Crippen LogP contribution in [0.2, 0.25) is 0 Å². The van der Waals surface area contributed by atoms with Crippen molar-refractivity contribution in [2.75, 3.05) is 20.2 Å². The van der Waals surface area contributed by atoms with Crippen LogP contribution in [-0.2, 0) is 19.7 Å². The Morgan fingerprint density at radius 2 is 2.02 bits per heavy atom. The monoisotopic (exact) mass is 690 g/mol. The summed E-state index contributed by atoms with van der Waals surface area (Å²) >= 11 is 1.75. The zero-order chi connectivity index (χ0) is 29.6. The Morgan fingerprint density at radius 1 is 1.21 bits per heavy atom. The summed E-state index contributed by atoms with van der Waals surface area (Å²) in [5, 5.41) is 2.64. The zero-order valence-corrected chi connectivity index (χ0v) is 26.4. The molecule has 4 fully saturated rings. The topological polar surface area (TPSA) is 131 Å². The third-order valence-corrected chi connectivity index (χ3v) is 10.8. The van der Waals surface area contributed by atoms with Gasteiger partial charge in [-0.3, -0.25) is 14.4 Å². The summed E-state index contributed by atoms with van der Waals surface area (Å²) in [4.78, 5) is 59.6. The van der Waals surface area contributed by atoms with Gasteiger partial charge in [-0.2, -0.15) is 0 Å². The number of nitrogens with one attached hydrogen (secondary N) is 2. The number of likely N-dealkylation sites (tertiary alicyclic amines) is 1. The minimum Gasteiger partial charge on any atom is -0.497 e. The highest BCUT2D eigenvalue weighted by Crippen LogP contribution is 2.58. The van der Waals surface area contributed by atoms with Gasteiger partial charge in [0.2, 0.25) is 9.70 Å². The summed E-state index contributed by atoms with van der Waals surface area (Å²) in [6.07, 6.45) is 8.07. The van der Waals surface area contributed by atoms with Crippen LogP contribution in [0, 0.1) is 23.7 Å². The smallest absolute Gasteiger partial charge is 0.407 e. The molecule has 4 aliphatic rings. The highest BCUT2D eigenvalue weighted by atomic mass is 127. The van der Waals surface area contributed by atoms with Crippen LogP contribution in [0.3, 0.4) is 0 Å². The Balaban J connectivity index is 0.983. The van der Waals surface area contributed by atoms with E-state index < -0.39 is 12.1 Å². The molecule has 2 aromatic rings. The molecular weight excluding hydrogens is 651 g/mol. The number of nitrogens with zero attached hydrogens (tertiary/aromatic N) is 2. The molecule has 6 atom stereocenters. The lowest BCUT2D eigenvalue weighted by atomic mass is 9.90. The molecule has 2 heterocycles. The first kappa shape index (κ1) is 29.4. The van der Waals surface area contributed by atoms with Crippen molar-refractivity contribution in [2.45, 2.75) is 82.3 Å². The first-order chi connectivity index (χ1) is 20.2. The number of aromatic nitrogens is 2. The number of ether oxygens (including phenoxy) is 2. The van der Waals surface area contributed by atoms with Crippen molar-refractivity contribution < 1.29 is 23.9 Å². The minimum absolute atomic E-state index is 0.0458. The maximum Gasteiger partial charge on any atom is 0.407 e. The third-order valence-electron chi connectivity index (χ3n) is 10.1. The number of aromatic amines is 1. The highest BCUT2D eigenvalue weighted by molar-refractivity contribution is 14.1. The lowest BCUT2D eigenvalue weighted by Gasteiger charge is -2.25. The fourth-order valence-electron chi connectivity index (χ4n) is 7.50. The van der Waals surface area contributed by atoms with Gasteiger partial charge in [0.1, 0.15) is 30.1 Å². The van der Waals surface area contributed by atoms with E-state index in [0.717, 1.165) is 56.9 Å². The predicted octanol–water partition coefficient (Wildman–Crippen LogP) is 4.47. The SMILES string of the molecule is COc1ccc2nc(C3(CCCC[C@H]4C(OC(=O)NCC(=O)N5CC[C@@H](C)[C@H]5C(=O)I)CC5CC54)CC3)c(=O)[nH]c2c1. The molecule has 0 bridgehead atoms. The van der Waals surface area contributed by atoms with E-state index >= 15 is 0 Å². The molecule has 11 heteroatoms. The fourth-order valence-corrected chi connectivity index (χ4v) is 8.45. The van der Waals surface area contributed by atoms with Gasteiger partial charge in [-0.15, -0.1) is 0 Å². The van der Waals surface area contributed by atoms with Crippen LogP contribution in [0.5, 0.6) is 5.75 Å². The summed E-state index contributed by atoms with van der Waals surface area (Å²) in [7, 11) is 1.60. The molecule has 0 spiro atoms. The molecule has 1 saturated heterocycles. The molecule has 6 rings (SSSR count). The number of H-pyrrole nitrogens is 1. The molecule has 2 N–H and O–H groups in total. The number of alkyl carbamates (subject to hydrolysis) is 1. The number of halogens is 1. The van der Waals surface area contributed by atoms with E-state index in [1.54, 1.807) is 40.7 Å². The standard InChI is InChI=1S/C31H39IN4O6/c1-17-8-12-36(26(17)28(32)38)25(37)16-33-30(40)42-24-14-18-13-21(18)20(24)5-3-4-9-31(10-11-31)27-29(39)35-23-15-19(41-2)6-7-22(23)34-27/h6-7,15,17-18,20-21,24,26H,3-5,8-14,16H2,1-2H3,(H,33,40)(H,35,39)/t17-,18?,20-,21?,24?,26+/m1/s1. The number of hydrogen-bond donors (Lipinski definition) is 2. The lowest BCUT2D eigenvalue weighted by molar-refractivity contribution is -0.134. The Kier molecular flexibility index (Phi) is 8.23. The molecule has 0 radical (unpaired) electrons. The van der Waals surface area contributed by atoms with Crippen molar-refractivity contribution in [3.05, 3.63) is 34.2 Å². The largest absolute Gasteiger partial charge is 0.497 e. The average Bonchev–Trinajstić information content (AvgIpc) is 3.85. The first-order valence-corrected chi connectivity index (χ1v) is 16.3. The van der Waals surface area contributed by atoms with Crippen LogP contribution in [0.4, 0.5) is 4.79 Å². The summed E-state index contributed by atoms with van der Waals surface area (Å²) in [6, 6.07) is 5.13. The summed E-state index contributed by atoms with van der Waals surface area (Å²) in [6.45, 7) is 2.35. The second kappa shape index (κ2) is 11.8. The van der Waals surface area contributed by atoms with Crippen LogP contribution < -0.4 is 15.6 Å². The van der Waals surface area contributed by atoms with Gasteiger partial charge in [0.05, 0.1) is 18.1 Å². The number of benzene rings is 1. The van der Waals surface area contributed by atoms with Crippen LogP contribution in [0.25, 0.3) is 11.0 Å². The van der Waals surface area contributed by atoms with E-state index in [2.05, 4.69) is 10.3 Å². The van der Waals surface area contributed by atoms with Crippen molar-refractivity contribution in [1.82, 2.24) is 20.2 Å². The second-order valence-corrected chi connectivity index (χ2v) is 13.8. The van der Waals surface area contributed by atoms with Crippen LogP contribution >= 0.6 is 22.6 Å². The number of hydrogen-bond acceptors (Lipinski definition) is 7. The van der Waals surface area contributed by atoms with Gasteiger partial charge in [-0.25, -0.2) is 9.78 Å². The Hall–Kier alpha value is -2.70. The van der Waals surface area contributed by atoms with Gasteiger partial charge in [-0.1, -0.05) is 19.8 Å². The number of rotatable bonds is 11. The molecule has 3 aliphatic carbocycles. The molecule has 1 aliphatic heterocycles. The number of carbonyl (C=O) groups excluding carboxylic acids is 3. The zero-order valence-electron chi connectivity index (χ0n) is 24.2. The molecule has 3 unspecified atom stereocenters. The van der Waals surface area contributed by atoms with Gasteiger partial charge in [0.15, 0.2) is 0 Å². The van der Waals surface area contributed by atoms with Crippen molar-refractivity contribution in [3.8, 4) is 5.75 Å². The van der Waals surface area contributed by atoms with E-state index in [1.807, 2.05) is 19.1 Å². The summed E-state index contributed by atoms with van der Waals surface area (Å²) in [5.74, 6) is 2.15. The Bertz CT molecular complexity index is 1440. The molecule has 42 heavy (non-hydrogen) atoms.